The molecule has 0 aliphatic rings. The van der Waals surface area contributed by atoms with Gasteiger partial charge in [0.15, 0.2) is 0 Å². The van der Waals surface area contributed by atoms with Gasteiger partial charge in [-0.1, -0.05) is 73.8 Å². The molecule has 0 aliphatic carbocycles. The molecule has 0 rings (SSSR count). The van der Waals surface area contributed by atoms with Gasteiger partial charge in [-0.3, -0.25) is 0 Å². The summed E-state index contributed by atoms with van der Waals surface area (Å²) in [5, 5.41) is 0. The average Bonchev–Trinajstić information content (AvgIpc) is 2.55. The van der Waals surface area contributed by atoms with Crippen molar-refractivity contribution in [2.24, 2.45) is 10.8 Å². The van der Waals surface area contributed by atoms with Gasteiger partial charge in [-0.25, -0.2) is 9.59 Å². The van der Waals surface area contributed by atoms with Crippen molar-refractivity contribution >= 4 is 11.9 Å². The molecule has 162 valence electrons. The highest BCUT2D eigenvalue weighted by atomic mass is 16.5. The van der Waals surface area contributed by atoms with Gasteiger partial charge in [0.25, 0.3) is 0 Å². The summed E-state index contributed by atoms with van der Waals surface area (Å²) in [5.41, 5.74) is 1.52. The summed E-state index contributed by atoms with van der Waals surface area (Å²) in [5.74, 6) is -1.01. The second-order valence-corrected chi connectivity index (χ2v) is 9.87. The Hall–Kier alpha value is -1.58. The monoisotopic (exact) mass is 394 g/mol. The third-order valence-electron chi connectivity index (χ3n) is 4.08. The van der Waals surface area contributed by atoms with E-state index in [2.05, 4.69) is 54.5 Å². The normalized spacial score (nSPS) is 13.0. The van der Waals surface area contributed by atoms with E-state index < -0.39 is 11.9 Å². The SMILES string of the molecule is CCCCCCOC(=O)/C=C\C(=O)OC/C(=C\CCC(C)(C)C)CC(C)(C)C. The van der Waals surface area contributed by atoms with E-state index in [1.54, 1.807) is 0 Å². The lowest BCUT2D eigenvalue weighted by Gasteiger charge is -2.21. The van der Waals surface area contributed by atoms with Crippen LogP contribution in [-0.2, 0) is 19.1 Å². The van der Waals surface area contributed by atoms with Crippen LogP contribution >= 0.6 is 0 Å². The van der Waals surface area contributed by atoms with E-state index in [1.165, 1.54) is 0 Å². The Morgan fingerprint density at radius 1 is 0.821 bits per heavy atom. The van der Waals surface area contributed by atoms with E-state index in [1.807, 2.05) is 0 Å². The summed E-state index contributed by atoms with van der Waals surface area (Å²) in [6, 6.07) is 0. The second-order valence-electron chi connectivity index (χ2n) is 9.87. The van der Waals surface area contributed by atoms with Crippen LogP contribution < -0.4 is 0 Å². The van der Waals surface area contributed by atoms with Gasteiger partial charge in [0.1, 0.15) is 6.61 Å². The summed E-state index contributed by atoms with van der Waals surface area (Å²) in [7, 11) is 0. The van der Waals surface area contributed by atoms with Gasteiger partial charge in [-0.05, 0) is 42.1 Å². The smallest absolute Gasteiger partial charge is 0.331 e. The molecule has 28 heavy (non-hydrogen) atoms. The minimum Gasteiger partial charge on any atom is -0.463 e. The number of carbonyl (C=O) groups excluding carboxylic acids is 2. The molecule has 0 aromatic heterocycles. The van der Waals surface area contributed by atoms with Crippen LogP contribution in [0.15, 0.2) is 23.8 Å². The van der Waals surface area contributed by atoms with Crippen LogP contribution in [0.2, 0.25) is 0 Å². The molecule has 0 saturated carbocycles. The Morgan fingerprint density at radius 2 is 1.43 bits per heavy atom. The number of hydrogen-bond acceptors (Lipinski definition) is 4. The average molecular weight is 395 g/mol. The standard InChI is InChI=1S/C24H42O4/c1-8-9-10-11-17-27-21(25)14-15-22(26)28-19-20(18-24(5,6)7)13-12-16-23(2,3)4/h13-15H,8-12,16-19H2,1-7H3/b15-14-,20-13-. The van der Waals surface area contributed by atoms with Crippen LogP contribution in [0.1, 0.15) is 93.4 Å². The summed E-state index contributed by atoms with van der Waals surface area (Å²) in [4.78, 5) is 23.5. The van der Waals surface area contributed by atoms with Gasteiger partial charge in [-0.2, -0.15) is 0 Å². The first-order chi connectivity index (χ1) is 12.9. The number of esters is 2. The fourth-order valence-electron chi connectivity index (χ4n) is 2.67. The first-order valence-electron chi connectivity index (χ1n) is 10.6. The molecule has 0 bridgehead atoms. The van der Waals surface area contributed by atoms with Crippen LogP contribution in [0.25, 0.3) is 0 Å². The maximum Gasteiger partial charge on any atom is 0.331 e. The quantitative estimate of drug-likeness (QED) is 0.166. The fraction of sp³-hybridized carbons (Fsp3) is 0.750. The fourth-order valence-corrected chi connectivity index (χ4v) is 2.67. The van der Waals surface area contributed by atoms with Crippen molar-refractivity contribution in [3.05, 3.63) is 23.8 Å². The topological polar surface area (TPSA) is 52.6 Å². The lowest BCUT2D eigenvalue weighted by atomic mass is 9.86. The molecule has 0 heterocycles. The van der Waals surface area contributed by atoms with E-state index in [0.717, 1.165) is 62.7 Å². The molecule has 0 saturated heterocycles. The number of rotatable bonds is 12. The van der Waals surface area contributed by atoms with Gasteiger partial charge in [0.05, 0.1) is 6.61 Å². The number of unbranched alkanes of at least 4 members (excludes halogenated alkanes) is 3. The molecule has 0 N–H and O–H groups in total. The van der Waals surface area contributed by atoms with E-state index in [0.29, 0.717) is 6.61 Å². The van der Waals surface area contributed by atoms with Gasteiger partial charge in [0, 0.05) is 12.2 Å². The molecule has 4 nitrogen and oxygen atoms in total. The molecular weight excluding hydrogens is 352 g/mol. The molecular formula is C24H42O4. The first-order valence-corrected chi connectivity index (χ1v) is 10.6. The second kappa shape index (κ2) is 13.6. The predicted octanol–water partition coefficient (Wildman–Crippen LogP) is 6.40. The van der Waals surface area contributed by atoms with Crippen molar-refractivity contribution in [2.75, 3.05) is 13.2 Å². The van der Waals surface area contributed by atoms with Crippen molar-refractivity contribution in [3.8, 4) is 0 Å². The zero-order chi connectivity index (χ0) is 21.6. The van der Waals surface area contributed by atoms with Gasteiger partial charge in [-0.15, -0.1) is 0 Å². The maximum absolute atomic E-state index is 11.9. The Labute approximate surface area is 172 Å². The third-order valence-corrected chi connectivity index (χ3v) is 4.08. The minimum absolute atomic E-state index is 0.122. The van der Waals surface area contributed by atoms with Crippen LogP contribution in [0.3, 0.4) is 0 Å². The minimum atomic E-state index is -0.515. The summed E-state index contributed by atoms with van der Waals surface area (Å²) >= 11 is 0. The van der Waals surface area contributed by atoms with Crippen LogP contribution in [0, 0.1) is 10.8 Å². The lowest BCUT2D eigenvalue weighted by Crippen LogP contribution is -2.13. The van der Waals surface area contributed by atoms with Gasteiger partial charge < -0.3 is 9.47 Å². The zero-order valence-corrected chi connectivity index (χ0v) is 19.2. The van der Waals surface area contributed by atoms with Crippen LogP contribution in [0.4, 0.5) is 0 Å². The Bertz CT molecular complexity index is 516. The van der Waals surface area contributed by atoms with Crippen LogP contribution in [-0.4, -0.2) is 25.2 Å². The Balaban J connectivity index is 4.44. The zero-order valence-electron chi connectivity index (χ0n) is 19.2. The number of hydrogen-bond donors (Lipinski definition) is 0. The highest BCUT2D eigenvalue weighted by Gasteiger charge is 2.15. The number of ether oxygens (including phenoxy) is 2. The number of carbonyl (C=O) groups is 2. The molecule has 0 amide bonds. The molecule has 0 spiro atoms. The van der Waals surface area contributed by atoms with Gasteiger partial charge in [0.2, 0.25) is 0 Å². The van der Waals surface area contributed by atoms with Crippen molar-refractivity contribution in [1.29, 1.82) is 0 Å². The molecule has 4 heteroatoms. The molecule has 0 aromatic rings. The molecule has 0 aromatic carbocycles. The number of allylic oxidation sites excluding steroid dienone is 1. The highest BCUT2D eigenvalue weighted by molar-refractivity contribution is 5.91. The Kier molecular flexibility index (Phi) is 12.8. The first kappa shape index (κ1) is 26.4. The summed E-state index contributed by atoms with van der Waals surface area (Å²) in [6.45, 7) is 16.0. The van der Waals surface area contributed by atoms with E-state index in [9.17, 15) is 9.59 Å². The molecule has 0 radical (unpaired) electrons. The third kappa shape index (κ3) is 17.8. The largest absolute Gasteiger partial charge is 0.463 e. The van der Waals surface area contributed by atoms with E-state index in [-0.39, 0.29) is 17.4 Å². The van der Waals surface area contributed by atoms with Gasteiger partial charge >= 0.3 is 11.9 Å². The summed E-state index contributed by atoms with van der Waals surface area (Å²) in [6.07, 6.45) is 11.6. The molecule has 0 fully saturated rings. The van der Waals surface area contributed by atoms with Crippen molar-refractivity contribution in [3.63, 3.8) is 0 Å². The molecule has 0 aliphatic heterocycles. The lowest BCUT2D eigenvalue weighted by molar-refractivity contribution is -0.140. The van der Waals surface area contributed by atoms with E-state index >= 15 is 0 Å². The Morgan fingerprint density at radius 3 is 1.96 bits per heavy atom. The highest BCUT2D eigenvalue weighted by Crippen LogP contribution is 2.26. The van der Waals surface area contributed by atoms with Crippen molar-refractivity contribution < 1.29 is 19.1 Å². The van der Waals surface area contributed by atoms with E-state index in [4.69, 9.17) is 9.47 Å². The van der Waals surface area contributed by atoms with Crippen molar-refractivity contribution in [2.45, 2.75) is 93.4 Å². The maximum atomic E-state index is 11.9. The molecule has 0 unspecified atom stereocenters. The van der Waals surface area contributed by atoms with Crippen molar-refractivity contribution in [1.82, 2.24) is 0 Å². The summed E-state index contributed by atoms with van der Waals surface area (Å²) < 4.78 is 10.4. The molecule has 0 atom stereocenters. The van der Waals surface area contributed by atoms with Crippen LogP contribution in [0.5, 0.6) is 0 Å². The predicted molar refractivity (Wildman–Crippen MR) is 116 cm³/mol.